The van der Waals surface area contributed by atoms with Gasteiger partial charge in [-0.3, -0.25) is 0 Å². The zero-order valence-electron chi connectivity index (χ0n) is 14.1. The van der Waals surface area contributed by atoms with E-state index >= 15 is 0 Å². The molecule has 0 fully saturated rings. The van der Waals surface area contributed by atoms with Crippen molar-refractivity contribution in [3.63, 3.8) is 0 Å². The summed E-state index contributed by atoms with van der Waals surface area (Å²) in [6.45, 7) is 2.40. The normalized spacial score (nSPS) is 17.7. The van der Waals surface area contributed by atoms with Crippen LogP contribution in [0.5, 0.6) is 0 Å². The van der Waals surface area contributed by atoms with Gasteiger partial charge >= 0.3 is 6.03 Å². The number of nitrogens with zero attached hydrogens (tertiary/aromatic N) is 3. The molecule has 1 heterocycles. The summed E-state index contributed by atoms with van der Waals surface area (Å²) < 4.78 is 5.71. The van der Waals surface area contributed by atoms with E-state index in [9.17, 15) is 4.79 Å². The van der Waals surface area contributed by atoms with Crippen LogP contribution in [0, 0.1) is 0 Å². The van der Waals surface area contributed by atoms with Gasteiger partial charge < -0.3 is 10.1 Å². The predicted molar refractivity (Wildman–Crippen MR) is 102 cm³/mol. The number of halogens is 1. The molecule has 0 aliphatic heterocycles. The highest BCUT2D eigenvalue weighted by Crippen LogP contribution is 2.28. The van der Waals surface area contributed by atoms with Crippen LogP contribution in [-0.4, -0.2) is 28.5 Å². The molecule has 1 aromatic heterocycles. The lowest BCUT2D eigenvalue weighted by atomic mass is 9.96. The summed E-state index contributed by atoms with van der Waals surface area (Å²) in [5, 5.41) is 11.3. The quantitative estimate of drug-likeness (QED) is 0.868. The fourth-order valence-corrected chi connectivity index (χ4v) is 2.59. The number of nitrogens with one attached hydrogen (secondary N) is 1. The lowest BCUT2D eigenvalue weighted by Gasteiger charge is -2.19. The summed E-state index contributed by atoms with van der Waals surface area (Å²) in [5.41, 5.74) is 1.89. The molecule has 1 aliphatic rings. The first kappa shape index (κ1) is 17.8. The van der Waals surface area contributed by atoms with Crippen LogP contribution < -0.4 is 5.32 Å². The van der Waals surface area contributed by atoms with Crippen LogP contribution in [0.1, 0.15) is 18.5 Å². The molecule has 0 saturated heterocycles. The number of rotatable bonds is 4. The standard InChI is InChI=1S/C19H17ClN4O2/c1-2-26-18-12-15(9-10-16(18)17-4-3-11-21-24-17)23-19(25)22-14-7-5-13(20)6-8-14/h3-12,16H,2H2,1H3,(H,22,25). The van der Waals surface area contributed by atoms with Gasteiger partial charge in [-0.1, -0.05) is 17.7 Å². The second-order valence-electron chi connectivity index (χ2n) is 5.44. The summed E-state index contributed by atoms with van der Waals surface area (Å²) in [6, 6.07) is 10.0. The third-order valence-corrected chi connectivity index (χ3v) is 3.86. The second-order valence-corrected chi connectivity index (χ2v) is 5.88. The highest BCUT2D eigenvalue weighted by Gasteiger charge is 2.21. The van der Waals surface area contributed by atoms with Gasteiger partial charge in [0.2, 0.25) is 0 Å². The Morgan fingerprint density at radius 2 is 2.12 bits per heavy atom. The third kappa shape index (κ3) is 4.55. The SMILES string of the molecule is CCOC1=CC(=NC(=O)Nc2ccc(Cl)cc2)C=CC1c1cccnn1. The van der Waals surface area contributed by atoms with Gasteiger partial charge in [-0.25, -0.2) is 4.79 Å². The first-order valence-corrected chi connectivity index (χ1v) is 8.49. The van der Waals surface area contributed by atoms with Crippen molar-refractivity contribution in [2.24, 2.45) is 4.99 Å². The van der Waals surface area contributed by atoms with E-state index in [-0.39, 0.29) is 5.92 Å². The van der Waals surface area contributed by atoms with E-state index in [0.717, 1.165) is 5.69 Å². The van der Waals surface area contributed by atoms with Gasteiger partial charge in [0.25, 0.3) is 0 Å². The van der Waals surface area contributed by atoms with Gasteiger partial charge in [0, 0.05) is 23.0 Å². The van der Waals surface area contributed by atoms with Crippen molar-refractivity contribution < 1.29 is 9.53 Å². The highest BCUT2D eigenvalue weighted by molar-refractivity contribution is 6.30. The van der Waals surface area contributed by atoms with Crippen LogP contribution in [0.2, 0.25) is 5.02 Å². The van der Waals surface area contributed by atoms with Gasteiger partial charge in [0.1, 0.15) is 5.76 Å². The number of aliphatic imine (C=N–C) groups is 1. The number of urea groups is 1. The van der Waals surface area contributed by atoms with Gasteiger partial charge in [0.05, 0.1) is 23.9 Å². The van der Waals surface area contributed by atoms with Crippen molar-refractivity contribution in [3.05, 3.63) is 77.3 Å². The zero-order chi connectivity index (χ0) is 18.4. The Hall–Kier alpha value is -2.99. The maximum atomic E-state index is 12.1. The highest BCUT2D eigenvalue weighted by atomic mass is 35.5. The van der Waals surface area contributed by atoms with Crippen LogP contribution >= 0.6 is 11.6 Å². The lowest BCUT2D eigenvalue weighted by molar-refractivity contribution is 0.215. The average Bonchev–Trinajstić information content (AvgIpc) is 2.65. The van der Waals surface area contributed by atoms with E-state index in [0.29, 0.717) is 28.8 Å². The first-order chi connectivity index (χ1) is 12.7. The Balaban J connectivity index is 1.77. The van der Waals surface area contributed by atoms with E-state index in [1.165, 1.54) is 0 Å². The number of amides is 2. The Kier molecular flexibility index (Phi) is 5.76. The Labute approximate surface area is 156 Å². The zero-order valence-corrected chi connectivity index (χ0v) is 14.8. The Bertz CT molecular complexity index is 861. The second kappa shape index (κ2) is 8.40. The molecule has 26 heavy (non-hydrogen) atoms. The predicted octanol–water partition coefficient (Wildman–Crippen LogP) is 4.38. The number of hydrogen-bond donors (Lipinski definition) is 1. The molecule has 1 aliphatic carbocycles. The van der Waals surface area contributed by atoms with E-state index in [1.54, 1.807) is 42.6 Å². The molecular weight excluding hydrogens is 352 g/mol. The van der Waals surface area contributed by atoms with Crippen LogP contribution in [0.4, 0.5) is 10.5 Å². The number of allylic oxidation sites excluding steroid dienone is 3. The maximum absolute atomic E-state index is 12.1. The number of aromatic nitrogens is 2. The molecule has 0 spiro atoms. The minimum absolute atomic E-state index is 0.151. The van der Waals surface area contributed by atoms with Crippen LogP contribution in [0.25, 0.3) is 0 Å². The molecule has 1 atom stereocenters. The Morgan fingerprint density at radius 1 is 1.31 bits per heavy atom. The van der Waals surface area contributed by atoms with Gasteiger partial charge in [-0.15, -0.1) is 0 Å². The number of carbonyl (C=O) groups is 1. The molecule has 132 valence electrons. The summed E-state index contributed by atoms with van der Waals surface area (Å²) in [7, 11) is 0. The van der Waals surface area contributed by atoms with Crippen molar-refractivity contribution in [2.45, 2.75) is 12.8 Å². The van der Waals surface area contributed by atoms with Gasteiger partial charge in [-0.05, 0) is 49.4 Å². The van der Waals surface area contributed by atoms with Crippen LogP contribution in [-0.2, 0) is 4.74 Å². The van der Waals surface area contributed by atoms with Gasteiger partial charge in [-0.2, -0.15) is 15.2 Å². The third-order valence-electron chi connectivity index (χ3n) is 3.60. The van der Waals surface area contributed by atoms with Crippen molar-refractivity contribution >= 4 is 29.0 Å². The summed E-state index contributed by atoms with van der Waals surface area (Å²) in [5.74, 6) is 0.524. The lowest BCUT2D eigenvalue weighted by Crippen LogP contribution is -2.14. The average molecular weight is 369 g/mol. The van der Waals surface area contributed by atoms with Crippen molar-refractivity contribution in [1.29, 1.82) is 0 Å². The fraction of sp³-hybridized carbons (Fsp3) is 0.158. The smallest absolute Gasteiger partial charge is 0.345 e. The number of hydrogen-bond acceptors (Lipinski definition) is 4. The van der Waals surface area contributed by atoms with Crippen molar-refractivity contribution in [3.8, 4) is 0 Å². The molecule has 0 saturated carbocycles. The summed E-state index contributed by atoms with van der Waals surface area (Å²) >= 11 is 5.83. The Morgan fingerprint density at radius 3 is 2.81 bits per heavy atom. The molecule has 1 unspecified atom stereocenters. The molecule has 1 N–H and O–H groups in total. The number of ether oxygens (including phenoxy) is 1. The van der Waals surface area contributed by atoms with Crippen molar-refractivity contribution in [2.75, 3.05) is 11.9 Å². The molecule has 1 aromatic carbocycles. The number of benzene rings is 1. The topological polar surface area (TPSA) is 76.5 Å². The molecule has 2 aromatic rings. The van der Waals surface area contributed by atoms with E-state index in [1.807, 2.05) is 25.1 Å². The fourth-order valence-electron chi connectivity index (χ4n) is 2.47. The molecular formula is C19H17ClN4O2. The summed E-state index contributed by atoms with van der Waals surface area (Å²) in [4.78, 5) is 16.2. The molecule has 7 heteroatoms. The summed E-state index contributed by atoms with van der Waals surface area (Å²) in [6.07, 6.45) is 7.02. The number of anilines is 1. The molecule has 2 amide bonds. The minimum Gasteiger partial charge on any atom is -0.497 e. The van der Waals surface area contributed by atoms with Crippen LogP contribution in [0.15, 0.2) is 71.6 Å². The largest absolute Gasteiger partial charge is 0.497 e. The molecule has 0 bridgehead atoms. The van der Waals surface area contributed by atoms with E-state index in [2.05, 4.69) is 20.5 Å². The maximum Gasteiger partial charge on any atom is 0.345 e. The van der Waals surface area contributed by atoms with Gasteiger partial charge in [0.15, 0.2) is 0 Å². The molecule has 3 rings (SSSR count). The first-order valence-electron chi connectivity index (χ1n) is 8.11. The monoisotopic (exact) mass is 368 g/mol. The minimum atomic E-state index is -0.475. The van der Waals surface area contributed by atoms with E-state index in [4.69, 9.17) is 16.3 Å². The molecule has 6 nitrogen and oxygen atoms in total. The van der Waals surface area contributed by atoms with Crippen LogP contribution in [0.3, 0.4) is 0 Å². The van der Waals surface area contributed by atoms with Crippen molar-refractivity contribution in [1.82, 2.24) is 10.2 Å². The number of carbonyl (C=O) groups excluding carboxylic acids is 1. The molecule has 0 radical (unpaired) electrons. The van der Waals surface area contributed by atoms with E-state index < -0.39 is 6.03 Å².